The normalized spacial score (nSPS) is 11.9. The third kappa shape index (κ3) is 5.65. The Balaban J connectivity index is 1.36. The minimum Gasteiger partial charge on any atom is -0.491 e. The zero-order valence-corrected chi connectivity index (χ0v) is 20.3. The fraction of sp³-hybridized carbons (Fsp3) is 0.222. The number of aliphatic hydroxyl groups excluding tert-OH is 1. The molecule has 10 heteroatoms. The van der Waals surface area contributed by atoms with Crippen molar-refractivity contribution in [2.75, 3.05) is 18.5 Å². The topological polar surface area (TPSA) is 127 Å². The molecule has 37 heavy (non-hydrogen) atoms. The molecule has 3 N–H and O–H groups in total. The molecule has 0 aliphatic carbocycles. The Bertz CT molecular complexity index is 1520. The number of benzene rings is 2. The summed E-state index contributed by atoms with van der Waals surface area (Å²) in [6.07, 6.45) is 5.19. The molecule has 0 aliphatic rings. The van der Waals surface area contributed by atoms with Crippen LogP contribution >= 0.6 is 0 Å². The number of aromatic nitrogens is 5. The molecule has 1 atom stereocenters. The molecular formula is C27H27N7O3. The number of hydrogen-bond donors (Lipinski definition) is 3. The van der Waals surface area contributed by atoms with E-state index >= 15 is 0 Å². The van der Waals surface area contributed by atoms with Crippen LogP contribution in [0.25, 0.3) is 21.8 Å². The number of pyridine rings is 1. The summed E-state index contributed by atoms with van der Waals surface area (Å²) in [4.78, 5) is 25.0. The van der Waals surface area contributed by atoms with E-state index in [9.17, 15) is 4.79 Å². The molecule has 0 spiro atoms. The van der Waals surface area contributed by atoms with Gasteiger partial charge in [0.05, 0.1) is 47.5 Å². The van der Waals surface area contributed by atoms with Crippen LogP contribution in [0.4, 0.5) is 11.5 Å². The summed E-state index contributed by atoms with van der Waals surface area (Å²) in [6, 6.07) is 17.2. The largest absolute Gasteiger partial charge is 0.491 e. The number of carbonyl (C=O) groups is 1. The molecule has 2 aromatic carbocycles. The van der Waals surface area contributed by atoms with Crippen molar-refractivity contribution in [2.24, 2.45) is 0 Å². The van der Waals surface area contributed by atoms with Crippen molar-refractivity contribution in [3.8, 4) is 5.75 Å². The van der Waals surface area contributed by atoms with Crippen molar-refractivity contribution >= 4 is 39.2 Å². The van der Waals surface area contributed by atoms with Gasteiger partial charge in [0.1, 0.15) is 24.5 Å². The molecule has 0 unspecified atom stereocenters. The van der Waals surface area contributed by atoms with Gasteiger partial charge in [-0.3, -0.25) is 14.5 Å². The predicted molar refractivity (Wildman–Crippen MR) is 141 cm³/mol. The molecule has 0 radical (unpaired) electrons. The predicted octanol–water partition coefficient (Wildman–Crippen LogP) is 3.43. The molecule has 1 amide bonds. The van der Waals surface area contributed by atoms with Gasteiger partial charge in [0.15, 0.2) is 0 Å². The van der Waals surface area contributed by atoms with Gasteiger partial charge in [-0.25, -0.2) is 9.97 Å². The third-order valence-electron chi connectivity index (χ3n) is 5.80. The van der Waals surface area contributed by atoms with Crippen LogP contribution < -0.4 is 15.4 Å². The number of nitrogens with zero attached hydrogens (tertiary/aromatic N) is 5. The Kier molecular flexibility index (Phi) is 7.18. The first kappa shape index (κ1) is 24.1. The molecule has 3 aromatic heterocycles. The molecule has 188 valence electrons. The smallest absolute Gasteiger partial charge is 0.222 e. The van der Waals surface area contributed by atoms with E-state index in [1.54, 1.807) is 6.20 Å². The van der Waals surface area contributed by atoms with Crippen molar-refractivity contribution in [2.45, 2.75) is 25.9 Å². The van der Waals surface area contributed by atoms with Crippen LogP contribution in [0.15, 0.2) is 73.3 Å². The molecule has 3 heterocycles. The Labute approximate surface area is 213 Å². The number of amides is 1. The first-order valence-electron chi connectivity index (χ1n) is 12.0. The number of hydrogen-bond acceptors (Lipinski definition) is 8. The Morgan fingerprint density at radius 3 is 2.86 bits per heavy atom. The lowest BCUT2D eigenvalue weighted by Crippen LogP contribution is -2.37. The third-order valence-corrected chi connectivity index (χ3v) is 5.80. The molecule has 5 rings (SSSR count). The van der Waals surface area contributed by atoms with Crippen LogP contribution in [0.3, 0.4) is 0 Å². The van der Waals surface area contributed by atoms with Gasteiger partial charge in [0.2, 0.25) is 5.91 Å². The highest BCUT2D eigenvalue weighted by Crippen LogP contribution is 2.32. The summed E-state index contributed by atoms with van der Waals surface area (Å²) in [5.41, 5.74) is 3.53. The SMILES string of the molecule is C[C@H](COc1cccc2ncnc(Nc3ccc4c(cnn4Cc4ccccn4)c3)c12)NC(=O)CCO. The number of carbonyl (C=O) groups excluding carboxylic acids is 1. The summed E-state index contributed by atoms with van der Waals surface area (Å²) in [7, 11) is 0. The average Bonchev–Trinajstić information content (AvgIpc) is 3.30. The van der Waals surface area contributed by atoms with Crippen molar-refractivity contribution in [1.29, 1.82) is 0 Å². The van der Waals surface area contributed by atoms with E-state index < -0.39 is 0 Å². The van der Waals surface area contributed by atoms with Gasteiger partial charge >= 0.3 is 0 Å². The van der Waals surface area contributed by atoms with Gasteiger partial charge in [-0.05, 0) is 49.4 Å². The highest BCUT2D eigenvalue weighted by Gasteiger charge is 2.14. The quantitative estimate of drug-likeness (QED) is 0.268. The average molecular weight is 498 g/mol. The fourth-order valence-electron chi connectivity index (χ4n) is 4.07. The lowest BCUT2D eigenvalue weighted by molar-refractivity contribution is -0.122. The number of fused-ring (bicyclic) bond motifs is 2. The zero-order chi connectivity index (χ0) is 25.6. The molecule has 10 nitrogen and oxygen atoms in total. The van der Waals surface area contributed by atoms with E-state index in [1.807, 2.05) is 72.4 Å². The fourth-order valence-corrected chi connectivity index (χ4v) is 4.07. The van der Waals surface area contributed by atoms with Gasteiger partial charge in [-0.15, -0.1) is 0 Å². The lowest BCUT2D eigenvalue weighted by atomic mass is 10.2. The standard InChI is InChI=1S/C27H27N7O3/c1-18(32-25(36)10-12-35)16-37-24-7-4-6-22-26(24)27(30-17-29-22)33-20-8-9-23-19(13-20)14-31-34(23)15-21-5-2-3-11-28-21/h2-9,11,13-14,17-18,35H,10,12,15-16H2,1H3,(H,32,36)(H,29,30,33)/t18-/m1/s1. The molecule has 5 aromatic rings. The summed E-state index contributed by atoms with van der Waals surface area (Å²) in [6.45, 7) is 2.50. The van der Waals surface area contributed by atoms with E-state index in [2.05, 4.69) is 30.7 Å². The second-order valence-corrected chi connectivity index (χ2v) is 8.65. The summed E-state index contributed by atoms with van der Waals surface area (Å²) in [5.74, 6) is 0.992. The Hall–Kier alpha value is -4.57. The van der Waals surface area contributed by atoms with Crippen molar-refractivity contribution in [1.82, 2.24) is 30.0 Å². The lowest BCUT2D eigenvalue weighted by Gasteiger charge is -2.17. The number of anilines is 2. The summed E-state index contributed by atoms with van der Waals surface area (Å²) in [5, 5.41) is 21.4. The van der Waals surface area contributed by atoms with E-state index in [0.717, 1.165) is 33.2 Å². The van der Waals surface area contributed by atoms with Crippen LogP contribution in [0.2, 0.25) is 0 Å². The first-order chi connectivity index (χ1) is 18.1. The maximum atomic E-state index is 11.8. The number of rotatable bonds is 10. The molecule has 0 aliphatic heterocycles. The van der Waals surface area contributed by atoms with Crippen LogP contribution in [0, 0.1) is 0 Å². The van der Waals surface area contributed by atoms with Crippen molar-refractivity contribution in [3.05, 3.63) is 79.0 Å². The molecule has 0 bridgehead atoms. The first-order valence-corrected chi connectivity index (χ1v) is 12.0. The van der Waals surface area contributed by atoms with Gasteiger partial charge in [-0.2, -0.15) is 5.10 Å². The van der Waals surface area contributed by atoms with Gasteiger partial charge < -0.3 is 20.5 Å². The Morgan fingerprint density at radius 1 is 1.11 bits per heavy atom. The highest BCUT2D eigenvalue weighted by atomic mass is 16.5. The van der Waals surface area contributed by atoms with Gasteiger partial charge in [-0.1, -0.05) is 12.1 Å². The van der Waals surface area contributed by atoms with Crippen LogP contribution in [0.5, 0.6) is 5.75 Å². The van der Waals surface area contributed by atoms with E-state index in [1.165, 1.54) is 6.33 Å². The van der Waals surface area contributed by atoms with Crippen molar-refractivity contribution in [3.63, 3.8) is 0 Å². The minimum atomic E-state index is -0.236. The van der Waals surface area contributed by atoms with E-state index in [0.29, 0.717) is 18.1 Å². The number of aliphatic hydroxyl groups is 1. The molecule has 0 fully saturated rings. The second-order valence-electron chi connectivity index (χ2n) is 8.65. The van der Waals surface area contributed by atoms with Crippen molar-refractivity contribution < 1.29 is 14.6 Å². The molecule has 0 saturated carbocycles. The van der Waals surface area contributed by atoms with E-state index in [-0.39, 0.29) is 31.6 Å². The van der Waals surface area contributed by atoms with Crippen LogP contribution in [-0.4, -0.2) is 55.0 Å². The molecular weight excluding hydrogens is 470 g/mol. The number of nitrogens with one attached hydrogen (secondary N) is 2. The summed E-state index contributed by atoms with van der Waals surface area (Å²) >= 11 is 0. The second kappa shape index (κ2) is 11.0. The van der Waals surface area contributed by atoms with Gasteiger partial charge in [0.25, 0.3) is 0 Å². The summed E-state index contributed by atoms with van der Waals surface area (Å²) < 4.78 is 7.98. The maximum absolute atomic E-state index is 11.8. The van der Waals surface area contributed by atoms with Crippen LogP contribution in [0.1, 0.15) is 19.0 Å². The zero-order valence-electron chi connectivity index (χ0n) is 20.3. The van der Waals surface area contributed by atoms with Crippen LogP contribution in [-0.2, 0) is 11.3 Å². The number of ether oxygens (including phenoxy) is 1. The Morgan fingerprint density at radius 2 is 2.03 bits per heavy atom. The highest BCUT2D eigenvalue weighted by molar-refractivity contribution is 5.96. The maximum Gasteiger partial charge on any atom is 0.222 e. The van der Waals surface area contributed by atoms with Gasteiger partial charge in [0, 0.05) is 23.7 Å². The van der Waals surface area contributed by atoms with E-state index in [4.69, 9.17) is 9.84 Å². The minimum absolute atomic E-state index is 0.0624. The molecule has 0 saturated heterocycles. The monoisotopic (exact) mass is 497 g/mol.